The molecule has 0 unspecified atom stereocenters. The molecule has 0 aliphatic rings. The van der Waals surface area contributed by atoms with Gasteiger partial charge in [-0.3, -0.25) is 4.79 Å². The Kier molecular flexibility index (Phi) is 7.65. The first-order chi connectivity index (χ1) is 14.7. The molecule has 0 aliphatic carbocycles. The predicted molar refractivity (Wildman–Crippen MR) is 127 cm³/mol. The van der Waals surface area contributed by atoms with Crippen molar-refractivity contribution in [3.05, 3.63) is 92.9 Å². The molecule has 3 aromatic rings. The zero-order valence-electron chi connectivity index (χ0n) is 16.7. The molecule has 0 bridgehead atoms. The Morgan fingerprint density at radius 3 is 2.06 bits per heavy atom. The van der Waals surface area contributed by atoms with Crippen molar-refractivity contribution in [2.45, 2.75) is 31.1 Å². The minimum atomic E-state index is -4.24. The Bertz CT molecular complexity index is 1180. The van der Waals surface area contributed by atoms with E-state index in [0.29, 0.717) is 10.0 Å². The van der Waals surface area contributed by atoms with E-state index in [1.54, 1.807) is 12.1 Å². The van der Waals surface area contributed by atoms with E-state index in [-0.39, 0.29) is 21.2 Å². The maximum atomic E-state index is 13.5. The third kappa shape index (κ3) is 5.42. The van der Waals surface area contributed by atoms with Gasteiger partial charge in [-0.1, -0.05) is 60.3 Å². The van der Waals surface area contributed by atoms with Gasteiger partial charge in [0, 0.05) is 10.0 Å². The molecule has 0 atom stereocenters. The van der Waals surface area contributed by atoms with E-state index < -0.39 is 15.9 Å². The molecule has 162 valence electrons. The van der Waals surface area contributed by atoms with Crippen LogP contribution in [0.15, 0.2) is 71.6 Å². The lowest BCUT2D eigenvalue weighted by molar-refractivity contribution is 0.101. The summed E-state index contributed by atoms with van der Waals surface area (Å²) in [5, 5.41) is 0.792. The van der Waals surface area contributed by atoms with Crippen LogP contribution in [0.1, 0.15) is 35.7 Å². The topological polar surface area (TPSA) is 54.5 Å². The zero-order valence-corrected chi connectivity index (χ0v) is 19.8. The van der Waals surface area contributed by atoms with Crippen LogP contribution >= 0.6 is 34.8 Å². The van der Waals surface area contributed by atoms with E-state index in [1.807, 2.05) is 12.1 Å². The normalized spacial score (nSPS) is 11.4. The van der Waals surface area contributed by atoms with Crippen LogP contribution < -0.4 is 4.31 Å². The number of amides is 1. The molecule has 0 fully saturated rings. The first-order valence-corrected chi connectivity index (χ1v) is 12.2. The molecule has 0 heterocycles. The number of hydrogen-bond donors (Lipinski definition) is 0. The number of rotatable bonds is 7. The van der Waals surface area contributed by atoms with E-state index in [9.17, 15) is 13.2 Å². The number of hydrogen-bond acceptors (Lipinski definition) is 3. The highest BCUT2D eigenvalue weighted by Gasteiger charge is 2.33. The summed E-state index contributed by atoms with van der Waals surface area (Å²) in [6.07, 6.45) is 2.94. The van der Waals surface area contributed by atoms with Gasteiger partial charge in [-0.25, -0.2) is 8.42 Å². The molecule has 0 spiro atoms. The summed E-state index contributed by atoms with van der Waals surface area (Å²) in [6.45, 7) is 2.10. The van der Waals surface area contributed by atoms with Crippen LogP contribution in [0, 0.1) is 0 Å². The van der Waals surface area contributed by atoms with Crippen molar-refractivity contribution < 1.29 is 13.2 Å². The van der Waals surface area contributed by atoms with E-state index in [1.165, 1.54) is 42.5 Å². The fourth-order valence-corrected chi connectivity index (χ4v) is 5.05. The molecule has 1 amide bonds. The fraction of sp³-hybridized carbons (Fsp3) is 0.174. The Morgan fingerprint density at radius 2 is 1.48 bits per heavy atom. The number of carbonyl (C=O) groups excluding carboxylic acids is 1. The third-order valence-corrected chi connectivity index (χ3v) is 7.21. The van der Waals surface area contributed by atoms with Crippen LogP contribution in [0.4, 0.5) is 5.69 Å². The molecule has 4 nitrogen and oxygen atoms in total. The summed E-state index contributed by atoms with van der Waals surface area (Å²) in [4.78, 5) is 13.4. The molecular formula is C23H20Cl3NO3S. The molecule has 8 heteroatoms. The SMILES string of the molecule is CCCCc1ccc(N(C(=O)c2ccc(Cl)cc2Cl)S(=O)(=O)c2ccc(Cl)cc2)cc1. The number of aryl methyl sites for hydroxylation is 1. The van der Waals surface area contributed by atoms with E-state index in [4.69, 9.17) is 34.8 Å². The summed E-state index contributed by atoms with van der Waals surface area (Å²) in [5.41, 5.74) is 1.30. The Morgan fingerprint density at radius 1 is 0.871 bits per heavy atom. The highest BCUT2D eigenvalue weighted by Crippen LogP contribution is 2.30. The average molecular weight is 497 g/mol. The van der Waals surface area contributed by atoms with Crippen LogP contribution in [-0.4, -0.2) is 14.3 Å². The number of anilines is 1. The minimum Gasteiger partial charge on any atom is -0.268 e. The lowest BCUT2D eigenvalue weighted by atomic mass is 10.1. The molecule has 0 aliphatic heterocycles. The van der Waals surface area contributed by atoms with E-state index in [2.05, 4.69) is 6.92 Å². The van der Waals surface area contributed by atoms with Gasteiger partial charge in [-0.2, -0.15) is 4.31 Å². The first-order valence-electron chi connectivity index (χ1n) is 9.63. The first kappa shape index (κ1) is 23.6. The van der Waals surface area contributed by atoms with Gasteiger partial charge in [-0.15, -0.1) is 0 Å². The maximum Gasteiger partial charge on any atom is 0.273 e. The van der Waals surface area contributed by atoms with Crippen LogP contribution in [0.5, 0.6) is 0 Å². The number of nitrogens with zero attached hydrogens (tertiary/aromatic N) is 1. The molecule has 31 heavy (non-hydrogen) atoms. The van der Waals surface area contributed by atoms with Gasteiger partial charge in [0.25, 0.3) is 15.9 Å². The highest BCUT2D eigenvalue weighted by atomic mass is 35.5. The Hall–Kier alpha value is -2.05. The van der Waals surface area contributed by atoms with Crippen LogP contribution in [0.3, 0.4) is 0 Å². The smallest absolute Gasteiger partial charge is 0.268 e. The predicted octanol–water partition coefficient (Wildman–Crippen LogP) is 7.03. The quantitative estimate of drug-likeness (QED) is 0.353. The molecule has 0 aromatic heterocycles. The molecule has 0 saturated heterocycles. The lowest BCUT2D eigenvalue weighted by Gasteiger charge is -2.23. The minimum absolute atomic E-state index is 0.0265. The number of carbonyl (C=O) groups is 1. The van der Waals surface area contributed by atoms with E-state index in [0.717, 1.165) is 29.1 Å². The summed E-state index contributed by atoms with van der Waals surface area (Å²) in [7, 11) is -4.24. The Balaban J connectivity index is 2.11. The molecule has 0 N–H and O–H groups in total. The van der Waals surface area contributed by atoms with Gasteiger partial charge >= 0.3 is 0 Å². The number of unbranched alkanes of at least 4 members (excludes halogenated alkanes) is 1. The van der Waals surface area contributed by atoms with Crippen molar-refractivity contribution in [1.82, 2.24) is 0 Å². The monoisotopic (exact) mass is 495 g/mol. The van der Waals surface area contributed by atoms with Gasteiger partial charge in [0.05, 0.1) is 21.2 Å². The summed E-state index contributed by atoms with van der Waals surface area (Å²) >= 11 is 18.1. The van der Waals surface area contributed by atoms with Crippen LogP contribution in [0.2, 0.25) is 15.1 Å². The molecule has 0 saturated carbocycles. The van der Waals surface area contributed by atoms with Crippen molar-refractivity contribution in [2.75, 3.05) is 4.31 Å². The van der Waals surface area contributed by atoms with Crippen LogP contribution in [0.25, 0.3) is 0 Å². The largest absolute Gasteiger partial charge is 0.273 e. The third-order valence-electron chi connectivity index (χ3n) is 4.69. The lowest BCUT2D eigenvalue weighted by Crippen LogP contribution is -2.37. The van der Waals surface area contributed by atoms with Gasteiger partial charge in [-0.05, 0) is 73.0 Å². The molecule has 3 aromatic carbocycles. The zero-order chi connectivity index (χ0) is 22.6. The highest BCUT2D eigenvalue weighted by molar-refractivity contribution is 7.93. The second-order valence-electron chi connectivity index (χ2n) is 6.92. The van der Waals surface area contributed by atoms with Crippen molar-refractivity contribution in [2.24, 2.45) is 0 Å². The second-order valence-corrected chi connectivity index (χ2v) is 9.99. The molecule has 0 radical (unpaired) electrons. The van der Waals surface area contributed by atoms with Crippen molar-refractivity contribution >= 4 is 56.4 Å². The second kappa shape index (κ2) is 10.0. The van der Waals surface area contributed by atoms with Crippen LogP contribution in [-0.2, 0) is 16.4 Å². The van der Waals surface area contributed by atoms with Crippen molar-refractivity contribution in [3.63, 3.8) is 0 Å². The van der Waals surface area contributed by atoms with Gasteiger partial charge < -0.3 is 0 Å². The van der Waals surface area contributed by atoms with Gasteiger partial charge in [0.2, 0.25) is 0 Å². The fourth-order valence-electron chi connectivity index (χ4n) is 3.03. The summed E-state index contributed by atoms with van der Waals surface area (Å²) in [5.74, 6) is -0.780. The number of benzene rings is 3. The number of halogens is 3. The van der Waals surface area contributed by atoms with Crippen molar-refractivity contribution in [3.8, 4) is 0 Å². The van der Waals surface area contributed by atoms with Crippen molar-refractivity contribution in [1.29, 1.82) is 0 Å². The van der Waals surface area contributed by atoms with Gasteiger partial charge in [0.15, 0.2) is 0 Å². The Labute approximate surface area is 197 Å². The van der Waals surface area contributed by atoms with Gasteiger partial charge in [0.1, 0.15) is 0 Å². The average Bonchev–Trinajstić information content (AvgIpc) is 2.73. The number of sulfonamides is 1. The summed E-state index contributed by atoms with van der Waals surface area (Å²) < 4.78 is 27.7. The standard InChI is InChI=1S/C23H20Cl3NO3S/c1-2-3-4-16-5-10-19(11-6-16)27(23(28)21-14-9-18(25)15-22(21)26)31(29,30)20-12-7-17(24)8-13-20/h5-15H,2-4H2,1H3. The molecule has 3 rings (SSSR count). The maximum absolute atomic E-state index is 13.5. The van der Waals surface area contributed by atoms with E-state index >= 15 is 0 Å². The molecular weight excluding hydrogens is 477 g/mol. The summed E-state index contributed by atoms with van der Waals surface area (Å²) in [6, 6.07) is 16.8.